The Labute approximate surface area is 155 Å². The number of anilines is 1. The number of nitrogens with one attached hydrogen (secondary N) is 1. The molecule has 3 rings (SSSR count). The Bertz CT molecular complexity index is 743. The molecule has 0 spiro atoms. The van der Waals surface area contributed by atoms with E-state index >= 15 is 0 Å². The van der Waals surface area contributed by atoms with Gasteiger partial charge in [-0.15, -0.1) is 16.8 Å². The van der Waals surface area contributed by atoms with Crippen molar-refractivity contribution in [3.8, 4) is 0 Å². The van der Waals surface area contributed by atoms with E-state index in [9.17, 15) is 0 Å². The molecule has 1 aromatic heterocycles. The number of para-hydroxylation sites is 1. The van der Waals surface area contributed by atoms with E-state index in [4.69, 9.17) is 4.99 Å². The molecular weight excluding hydrogens is 326 g/mol. The van der Waals surface area contributed by atoms with Crippen LogP contribution in [0, 0.1) is 6.92 Å². The number of hydrogen-bond acceptors (Lipinski definition) is 4. The van der Waals surface area contributed by atoms with Crippen LogP contribution in [0.5, 0.6) is 0 Å². The highest BCUT2D eigenvalue weighted by Crippen LogP contribution is 2.15. The standard InChI is InChI=1S/C19H27N7/c1-4-10-20-19(21-15-18-23-22-16(2)24(18)3)26-13-11-25(12-14-26)17-8-6-5-7-9-17/h4-9H,1,10-15H2,2-3H3,(H,20,21). The summed E-state index contributed by atoms with van der Waals surface area (Å²) in [5.41, 5.74) is 1.28. The summed E-state index contributed by atoms with van der Waals surface area (Å²) in [5.74, 6) is 2.66. The quantitative estimate of drug-likeness (QED) is 0.502. The summed E-state index contributed by atoms with van der Waals surface area (Å²) in [6, 6.07) is 10.6. The summed E-state index contributed by atoms with van der Waals surface area (Å²) >= 11 is 0. The summed E-state index contributed by atoms with van der Waals surface area (Å²) in [7, 11) is 1.97. The van der Waals surface area contributed by atoms with Gasteiger partial charge in [-0.2, -0.15) is 0 Å². The molecule has 2 heterocycles. The van der Waals surface area contributed by atoms with Crippen molar-refractivity contribution in [1.82, 2.24) is 25.0 Å². The van der Waals surface area contributed by atoms with Gasteiger partial charge in [-0.3, -0.25) is 0 Å². The fourth-order valence-corrected chi connectivity index (χ4v) is 2.98. The number of piperazine rings is 1. The third kappa shape index (κ3) is 4.22. The lowest BCUT2D eigenvalue weighted by Gasteiger charge is -2.37. The van der Waals surface area contributed by atoms with Gasteiger partial charge in [0.1, 0.15) is 12.4 Å². The van der Waals surface area contributed by atoms with Gasteiger partial charge in [0, 0.05) is 45.5 Å². The zero-order valence-electron chi connectivity index (χ0n) is 15.6. The number of rotatable bonds is 5. The molecule has 26 heavy (non-hydrogen) atoms. The van der Waals surface area contributed by atoms with Gasteiger partial charge in [-0.05, 0) is 19.1 Å². The summed E-state index contributed by atoms with van der Waals surface area (Å²) in [6.07, 6.45) is 1.85. The number of hydrogen-bond donors (Lipinski definition) is 1. The van der Waals surface area contributed by atoms with Crippen LogP contribution in [0.15, 0.2) is 48.0 Å². The minimum absolute atomic E-state index is 0.510. The summed E-state index contributed by atoms with van der Waals surface area (Å²) in [6.45, 7) is 10.7. The van der Waals surface area contributed by atoms with Gasteiger partial charge in [-0.1, -0.05) is 24.3 Å². The second-order valence-corrected chi connectivity index (χ2v) is 6.34. The number of benzene rings is 1. The second-order valence-electron chi connectivity index (χ2n) is 6.34. The minimum atomic E-state index is 0.510. The predicted octanol–water partition coefficient (Wildman–Crippen LogP) is 1.58. The van der Waals surface area contributed by atoms with E-state index in [1.54, 1.807) is 0 Å². The number of aromatic nitrogens is 3. The minimum Gasteiger partial charge on any atom is -0.368 e. The predicted molar refractivity (Wildman–Crippen MR) is 105 cm³/mol. The first-order chi connectivity index (χ1) is 12.7. The molecule has 2 aromatic rings. The van der Waals surface area contributed by atoms with Crippen molar-refractivity contribution in [2.45, 2.75) is 13.5 Å². The van der Waals surface area contributed by atoms with Crippen LogP contribution in [0.4, 0.5) is 5.69 Å². The number of aryl methyl sites for hydroxylation is 1. The molecule has 0 amide bonds. The van der Waals surface area contributed by atoms with Crippen LogP contribution < -0.4 is 10.2 Å². The van der Waals surface area contributed by atoms with E-state index in [0.717, 1.165) is 43.8 Å². The number of guanidine groups is 1. The van der Waals surface area contributed by atoms with Gasteiger partial charge in [0.15, 0.2) is 11.8 Å². The van der Waals surface area contributed by atoms with Crippen LogP contribution in [0.25, 0.3) is 0 Å². The van der Waals surface area contributed by atoms with Crippen LogP contribution in [-0.4, -0.2) is 58.3 Å². The van der Waals surface area contributed by atoms with E-state index in [1.807, 2.05) is 24.6 Å². The Kier molecular flexibility index (Phi) is 5.88. The van der Waals surface area contributed by atoms with Crippen molar-refractivity contribution in [2.75, 3.05) is 37.6 Å². The molecule has 1 aliphatic rings. The Morgan fingerprint density at radius 3 is 2.54 bits per heavy atom. The highest BCUT2D eigenvalue weighted by molar-refractivity contribution is 5.80. The van der Waals surface area contributed by atoms with Crippen molar-refractivity contribution in [3.05, 3.63) is 54.6 Å². The van der Waals surface area contributed by atoms with Crippen molar-refractivity contribution in [2.24, 2.45) is 12.0 Å². The highest BCUT2D eigenvalue weighted by Gasteiger charge is 2.20. The van der Waals surface area contributed by atoms with Crippen LogP contribution in [0.1, 0.15) is 11.6 Å². The third-order valence-corrected chi connectivity index (χ3v) is 4.66. The second kappa shape index (κ2) is 8.51. The van der Waals surface area contributed by atoms with Crippen molar-refractivity contribution in [1.29, 1.82) is 0 Å². The SMILES string of the molecule is C=CCNC(=NCc1nnc(C)n1C)N1CCN(c2ccccc2)CC1. The molecule has 0 radical (unpaired) electrons. The maximum Gasteiger partial charge on any atom is 0.194 e. The van der Waals surface area contributed by atoms with Gasteiger partial charge in [0.05, 0.1) is 0 Å². The summed E-state index contributed by atoms with van der Waals surface area (Å²) < 4.78 is 1.97. The topological polar surface area (TPSA) is 61.6 Å². The smallest absolute Gasteiger partial charge is 0.194 e. The van der Waals surface area contributed by atoms with Crippen LogP contribution >= 0.6 is 0 Å². The molecule has 138 valence electrons. The van der Waals surface area contributed by atoms with Gasteiger partial charge in [0.2, 0.25) is 0 Å². The molecule has 0 aliphatic carbocycles. The molecule has 7 nitrogen and oxygen atoms in total. The molecule has 0 atom stereocenters. The zero-order valence-corrected chi connectivity index (χ0v) is 15.6. The molecule has 1 fully saturated rings. The molecule has 1 N–H and O–H groups in total. The van der Waals surface area contributed by atoms with Gasteiger partial charge < -0.3 is 19.7 Å². The van der Waals surface area contributed by atoms with Crippen LogP contribution in [-0.2, 0) is 13.6 Å². The Balaban J connectivity index is 1.65. The summed E-state index contributed by atoms with van der Waals surface area (Å²) in [4.78, 5) is 9.48. The molecule has 7 heteroatoms. The van der Waals surface area contributed by atoms with Crippen molar-refractivity contribution in [3.63, 3.8) is 0 Å². The Morgan fingerprint density at radius 2 is 1.92 bits per heavy atom. The first-order valence-electron chi connectivity index (χ1n) is 8.98. The lowest BCUT2D eigenvalue weighted by atomic mass is 10.2. The van der Waals surface area contributed by atoms with Crippen molar-refractivity contribution >= 4 is 11.6 Å². The molecular formula is C19H27N7. The van der Waals surface area contributed by atoms with Gasteiger partial charge in [0.25, 0.3) is 0 Å². The van der Waals surface area contributed by atoms with Crippen LogP contribution in [0.3, 0.4) is 0 Å². The molecule has 0 bridgehead atoms. The summed E-state index contributed by atoms with van der Waals surface area (Å²) in [5, 5.41) is 11.7. The normalized spacial score (nSPS) is 15.2. The maximum absolute atomic E-state index is 4.77. The molecule has 1 aliphatic heterocycles. The molecule has 0 unspecified atom stereocenters. The van der Waals surface area contributed by atoms with E-state index in [0.29, 0.717) is 13.1 Å². The van der Waals surface area contributed by atoms with Gasteiger partial charge in [-0.25, -0.2) is 4.99 Å². The van der Waals surface area contributed by atoms with E-state index in [1.165, 1.54) is 5.69 Å². The first kappa shape index (κ1) is 18.0. The highest BCUT2D eigenvalue weighted by atomic mass is 15.4. The van der Waals surface area contributed by atoms with Crippen LogP contribution in [0.2, 0.25) is 0 Å². The zero-order chi connectivity index (χ0) is 18.4. The lowest BCUT2D eigenvalue weighted by Crippen LogP contribution is -2.52. The number of nitrogens with zero attached hydrogens (tertiary/aromatic N) is 6. The average Bonchev–Trinajstić information content (AvgIpc) is 3.01. The molecule has 1 saturated heterocycles. The van der Waals surface area contributed by atoms with E-state index in [-0.39, 0.29) is 0 Å². The Hall–Kier alpha value is -2.83. The number of aliphatic imine (C=N–C) groups is 1. The fraction of sp³-hybridized carbons (Fsp3) is 0.421. The third-order valence-electron chi connectivity index (χ3n) is 4.66. The molecule has 0 saturated carbocycles. The van der Waals surface area contributed by atoms with E-state index < -0.39 is 0 Å². The monoisotopic (exact) mass is 353 g/mol. The maximum atomic E-state index is 4.77. The van der Waals surface area contributed by atoms with E-state index in [2.05, 4.69) is 62.2 Å². The van der Waals surface area contributed by atoms with Gasteiger partial charge >= 0.3 is 0 Å². The first-order valence-corrected chi connectivity index (χ1v) is 8.98. The largest absolute Gasteiger partial charge is 0.368 e. The Morgan fingerprint density at radius 1 is 1.19 bits per heavy atom. The average molecular weight is 353 g/mol. The lowest BCUT2D eigenvalue weighted by molar-refractivity contribution is 0.373. The fourth-order valence-electron chi connectivity index (χ4n) is 2.98. The molecule has 1 aromatic carbocycles. The van der Waals surface area contributed by atoms with Crippen molar-refractivity contribution < 1.29 is 0 Å².